The monoisotopic (exact) mass is 530 g/mol. The third-order valence-electron chi connectivity index (χ3n) is 3.02. The Labute approximate surface area is 136 Å². The van der Waals surface area contributed by atoms with Crippen LogP contribution in [0.25, 0.3) is 9.75 Å². The molecule has 6 heteroatoms. The summed E-state index contributed by atoms with van der Waals surface area (Å²) in [7, 11) is 0. The first-order chi connectivity index (χ1) is 9.00. The molecule has 0 nitrogen and oxygen atoms in total. The Bertz CT molecular complexity index is 631. The van der Waals surface area contributed by atoms with Crippen molar-refractivity contribution in [1.29, 1.82) is 0 Å². The molecule has 20 heavy (non-hydrogen) atoms. The summed E-state index contributed by atoms with van der Waals surface area (Å²) in [6.45, 7) is 0. The van der Waals surface area contributed by atoms with Gasteiger partial charge in [0.25, 0.3) is 0 Å². The summed E-state index contributed by atoms with van der Waals surface area (Å²) in [6, 6.07) is 3.23. The van der Waals surface area contributed by atoms with E-state index in [4.69, 9.17) is 0 Å². The minimum absolute atomic E-state index is 0.123. The van der Waals surface area contributed by atoms with Gasteiger partial charge in [-0.1, -0.05) is 0 Å². The molecule has 2 aromatic rings. The molecule has 0 radical (unpaired) electrons. The van der Waals surface area contributed by atoms with Gasteiger partial charge in [-0.15, -0.1) is 0 Å². The zero-order chi connectivity index (χ0) is 15.3. The number of thiophene rings is 2. The van der Waals surface area contributed by atoms with Gasteiger partial charge in [0.05, 0.1) is 0 Å². The molecule has 0 aliphatic rings. The van der Waals surface area contributed by atoms with E-state index in [0.29, 0.717) is 4.88 Å². The van der Waals surface area contributed by atoms with Crippen LogP contribution < -0.4 is 5.79 Å². The van der Waals surface area contributed by atoms with Gasteiger partial charge in [-0.05, 0) is 0 Å². The fourth-order valence-corrected chi connectivity index (χ4v) is 15.1. The zero-order valence-electron chi connectivity index (χ0n) is 12.7. The van der Waals surface area contributed by atoms with Crippen molar-refractivity contribution in [3.05, 3.63) is 23.8 Å². The van der Waals surface area contributed by atoms with Crippen LogP contribution in [0.4, 0.5) is 8.78 Å². The maximum atomic E-state index is 14.2. The molecule has 0 aromatic carbocycles. The van der Waals surface area contributed by atoms with E-state index >= 15 is 0 Å². The van der Waals surface area contributed by atoms with Crippen LogP contribution in [0, 0.1) is 11.6 Å². The Kier molecular flexibility index (Phi) is 5.00. The Morgan fingerprint density at radius 1 is 0.800 bits per heavy atom. The van der Waals surface area contributed by atoms with Crippen molar-refractivity contribution >= 4 is 65.2 Å². The number of rotatable bonds is 3. The standard InChI is InChI=1S/C8H2F2S2.6CH3.2Sn/c9-5-3-7(12-4-5)8-6(10)1-2-11-8;;;;;;;;/h1,3H;6*1H3;;. The minimum atomic E-state index is -2.44. The van der Waals surface area contributed by atoms with Crippen molar-refractivity contribution in [2.45, 2.75) is 29.6 Å². The van der Waals surface area contributed by atoms with Crippen molar-refractivity contribution < 1.29 is 8.78 Å². The summed E-state index contributed by atoms with van der Waals surface area (Å²) in [5, 5.41) is 0. The van der Waals surface area contributed by atoms with E-state index in [0.717, 1.165) is 7.77 Å². The van der Waals surface area contributed by atoms with E-state index < -0.39 is 36.8 Å². The van der Waals surface area contributed by atoms with Crippen LogP contribution in [-0.4, -0.2) is 36.8 Å². The number of hydrogen-bond donors (Lipinski definition) is 0. The predicted molar refractivity (Wildman–Crippen MR) is 93.5 cm³/mol. The van der Waals surface area contributed by atoms with Gasteiger partial charge in [0.15, 0.2) is 0 Å². The molecular formula is C14H20F2S2Sn2. The van der Waals surface area contributed by atoms with Gasteiger partial charge in [-0.3, -0.25) is 0 Å². The van der Waals surface area contributed by atoms with E-state index in [-0.39, 0.29) is 11.6 Å². The van der Waals surface area contributed by atoms with Crippen LogP contribution in [0.3, 0.4) is 0 Å². The van der Waals surface area contributed by atoms with E-state index in [1.165, 1.54) is 25.6 Å². The van der Waals surface area contributed by atoms with Gasteiger partial charge in [-0.25, -0.2) is 0 Å². The molecule has 0 aliphatic carbocycles. The Hall–Kier alpha value is 0.857. The van der Waals surface area contributed by atoms with E-state index in [9.17, 15) is 8.78 Å². The van der Waals surface area contributed by atoms with Gasteiger partial charge < -0.3 is 0 Å². The van der Waals surface area contributed by atoms with Gasteiger partial charge in [0.1, 0.15) is 0 Å². The summed E-state index contributed by atoms with van der Waals surface area (Å²) < 4.78 is 30.4. The summed E-state index contributed by atoms with van der Waals surface area (Å²) in [5.74, 6) is -0.296. The molecule has 0 spiro atoms. The number of halogens is 2. The molecular weight excluding hydrogens is 508 g/mol. The van der Waals surface area contributed by atoms with Gasteiger partial charge >= 0.3 is 137 Å². The maximum absolute atomic E-state index is 14.2. The number of hydrogen-bond acceptors (Lipinski definition) is 2. The van der Waals surface area contributed by atoms with Crippen LogP contribution in [0.15, 0.2) is 12.1 Å². The van der Waals surface area contributed by atoms with Crippen LogP contribution in [0.1, 0.15) is 0 Å². The van der Waals surface area contributed by atoms with E-state index in [2.05, 4.69) is 29.6 Å². The Morgan fingerprint density at radius 3 is 1.80 bits per heavy atom. The first-order valence-electron chi connectivity index (χ1n) is 6.60. The van der Waals surface area contributed by atoms with E-state index in [1.54, 1.807) is 12.1 Å². The van der Waals surface area contributed by atoms with Crippen molar-refractivity contribution in [1.82, 2.24) is 0 Å². The predicted octanol–water partition coefficient (Wildman–Crippen LogP) is 4.85. The molecule has 0 bridgehead atoms. The van der Waals surface area contributed by atoms with Crippen LogP contribution in [0.5, 0.6) is 0 Å². The first-order valence-corrected chi connectivity index (χ1v) is 28.2. The average molecular weight is 528 g/mol. The molecule has 2 rings (SSSR count). The third kappa shape index (κ3) is 3.60. The first kappa shape index (κ1) is 17.2. The Balaban J connectivity index is 2.51. The normalized spacial score (nSPS) is 13.0. The van der Waals surface area contributed by atoms with Crippen molar-refractivity contribution in [2.24, 2.45) is 0 Å². The zero-order valence-corrected chi connectivity index (χ0v) is 20.1. The molecule has 0 atom stereocenters. The summed E-state index contributed by atoms with van der Waals surface area (Å²) >= 11 is -1.69. The molecule has 0 N–H and O–H groups in total. The van der Waals surface area contributed by atoms with Crippen LogP contribution in [0.2, 0.25) is 29.6 Å². The molecule has 0 saturated heterocycles. The SMILES string of the molecule is [CH3][Sn]([CH3])([CH3])[c]1cc(F)c(-c2cc(F)[c]([Sn]([CH3])([CH3])[CH3])s2)s1. The second-order valence-corrected chi connectivity index (χ2v) is 39.9. The quantitative estimate of drug-likeness (QED) is 0.501. The van der Waals surface area contributed by atoms with E-state index in [1.807, 2.05) is 0 Å². The van der Waals surface area contributed by atoms with Crippen molar-refractivity contribution in [3.8, 4) is 9.75 Å². The molecule has 0 fully saturated rings. The van der Waals surface area contributed by atoms with Crippen LogP contribution >= 0.6 is 22.7 Å². The molecule has 2 aromatic heterocycles. The summed E-state index contributed by atoms with van der Waals surface area (Å²) in [5.41, 5.74) is 0. The fourth-order valence-electron chi connectivity index (χ4n) is 1.90. The van der Waals surface area contributed by atoms with Crippen molar-refractivity contribution in [2.75, 3.05) is 0 Å². The second kappa shape index (κ2) is 5.81. The summed E-state index contributed by atoms with van der Waals surface area (Å²) in [4.78, 5) is 14.8. The molecule has 0 aliphatic heterocycles. The summed E-state index contributed by atoms with van der Waals surface area (Å²) in [6.07, 6.45) is 0. The van der Waals surface area contributed by atoms with Gasteiger partial charge in [-0.2, -0.15) is 0 Å². The van der Waals surface area contributed by atoms with Crippen molar-refractivity contribution in [3.63, 3.8) is 0 Å². The molecule has 2 heterocycles. The second-order valence-electron chi connectivity index (χ2n) is 7.08. The average Bonchev–Trinajstić information content (AvgIpc) is 2.79. The van der Waals surface area contributed by atoms with Crippen LogP contribution in [-0.2, 0) is 0 Å². The van der Waals surface area contributed by atoms with Gasteiger partial charge in [0.2, 0.25) is 0 Å². The Morgan fingerprint density at radius 2 is 1.40 bits per heavy atom. The molecule has 0 amide bonds. The topological polar surface area (TPSA) is 0 Å². The van der Waals surface area contributed by atoms with Gasteiger partial charge in [0, 0.05) is 0 Å². The molecule has 110 valence electrons. The molecule has 0 unspecified atom stereocenters. The third-order valence-corrected chi connectivity index (χ3v) is 24.2. The fraction of sp³-hybridized carbons (Fsp3) is 0.429. The molecule has 0 saturated carbocycles.